The van der Waals surface area contributed by atoms with E-state index in [1.54, 1.807) is 25.1 Å². The highest BCUT2D eigenvalue weighted by Gasteiger charge is 2.15. The minimum atomic E-state index is -0.397. The van der Waals surface area contributed by atoms with Gasteiger partial charge >= 0.3 is 0 Å². The van der Waals surface area contributed by atoms with Gasteiger partial charge in [-0.15, -0.1) is 10.2 Å². The van der Waals surface area contributed by atoms with Crippen molar-refractivity contribution < 1.29 is 9.21 Å². The van der Waals surface area contributed by atoms with E-state index in [-0.39, 0.29) is 5.82 Å². The number of hydrogen-bond donors (Lipinski definition) is 2. The molecule has 2 heterocycles. The van der Waals surface area contributed by atoms with Crippen LogP contribution in [0.5, 0.6) is 0 Å². The summed E-state index contributed by atoms with van der Waals surface area (Å²) >= 11 is 0. The topological polar surface area (TPSA) is 110 Å². The summed E-state index contributed by atoms with van der Waals surface area (Å²) in [6.07, 6.45) is 1.27. The van der Waals surface area contributed by atoms with Gasteiger partial charge in [-0.2, -0.15) is 5.10 Å². The highest BCUT2D eigenvalue weighted by atomic mass is 16.4. The average molecular weight is 270 g/mol. The number of hydrogen-bond acceptors (Lipinski definition) is 6. The summed E-state index contributed by atoms with van der Waals surface area (Å²) in [5.41, 5.74) is 1.19. The van der Waals surface area contributed by atoms with Crippen molar-refractivity contribution >= 4 is 11.6 Å². The molecule has 2 N–H and O–H groups in total. The third kappa shape index (κ3) is 2.26. The van der Waals surface area contributed by atoms with Crippen molar-refractivity contribution in [3.05, 3.63) is 42.3 Å². The third-order valence-electron chi connectivity index (χ3n) is 2.56. The SMILES string of the molecule is Cc1nnc(-c2ccccc2NC(=O)c2ncn[nH]2)o1. The molecule has 20 heavy (non-hydrogen) atoms. The number of aromatic amines is 1. The molecule has 1 amide bonds. The number of nitrogens with zero attached hydrogens (tertiary/aromatic N) is 4. The Kier molecular flexibility index (Phi) is 2.96. The van der Waals surface area contributed by atoms with Crippen LogP contribution in [0.25, 0.3) is 11.5 Å². The molecule has 3 aromatic rings. The van der Waals surface area contributed by atoms with Crippen LogP contribution in [0.15, 0.2) is 35.0 Å². The van der Waals surface area contributed by atoms with Gasteiger partial charge in [-0.05, 0) is 12.1 Å². The highest BCUT2D eigenvalue weighted by molar-refractivity contribution is 6.03. The van der Waals surface area contributed by atoms with Crippen molar-refractivity contribution in [3.8, 4) is 11.5 Å². The molecule has 0 aliphatic carbocycles. The van der Waals surface area contributed by atoms with E-state index in [0.29, 0.717) is 23.0 Å². The van der Waals surface area contributed by atoms with E-state index in [1.807, 2.05) is 6.07 Å². The molecule has 100 valence electrons. The molecular weight excluding hydrogens is 260 g/mol. The number of aromatic nitrogens is 5. The molecule has 0 unspecified atom stereocenters. The summed E-state index contributed by atoms with van der Waals surface area (Å²) in [6, 6.07) is 7.13. The fourth-order valence-corrected chi connectivity index (χ4v) is 1.68. The lowest BCUT2D eigenvalue weighted by molar-refractivity contribution is 0.101. The summed E-state index contributed by atoms with van der Waals surface area (Å²) < 4.78 is 5.37. The Hall–Kier alpha value is -3.03. The van der Waals surface area contributed by atoms with Gasteiger partial charge in [0.05, 0.1) is 11.3 Å². The molecule has 1 aromatic carbocycles. The zero-order chi connectivity index (χ0) is 13.9. The Bertz CT molecular complexity index is 734. The molecule has 0 saturated heterocycles. The first-order valence-corrected chi connectivity index (χ1v) is 5.80. The van der Waals surface area contributed by atoms with Gasteiger partial charge in [-0.1, -0.05) is 12.1 Å². The van der Waals surface area contributed by atoms with Crippen LogP contribution in [0.1, 0.15) is 16.5 Å². The van der Waals surface area contributed by atoms with Crippen LogP contribution in [-0.2, 0) is 0 Å². The maximum Gasteiger partial charge on any atom is 0.293 e. The van der Waals surface area contributed by atoms with Gasteiger partial charge in [0, 0.05) is 6.92 Å². The maximum atomic E-state index is 12.0. The Balaban J connectivity index is 1.92. The van der Waals surface area contributed by atoms with Gasteiger partial charge in [0.2, 0.25) is 17.6 Å². The molecule has 0 bridgehead atoms. The first-order chi connectivity index (χ1) is 9.74. The van der Waals surface area contributed by atoms with Gasteiger partial charge in [0.15, 0.2) is 0 Å². The van der Waals surface area contributed by atoms with Gasteiger partial charge in [-0.25, -0.2) is 4.98 Å². The molecule has 8 heteroatoms. The number of H-pyrrole nitrogens is 1. The summed E-state index contributed by atoms with van der Waals surface area (Å²) in [5, 5.41) is 16.6. The van der Waals surface area contributed by atoms with Crippen molar-refractivity contribution in [1.82, 2.24) is 25.4 Å². The molecule has 0 spiro atoms. The monoisotopic (exact) mass is 270 g/mol. The predicted octanol–water partition coefficient (Wildman–Crippen LogP) is 1.42. The van der Waals surface area contributed by atoms with Crippen LogP contribution in [0.4, 0.5) is 5.69 Å². The normalized spacial score (nSPS) is 10.4. The first kappa shape index (κ1) is 12.0. The second-order valence-electron chi connectivity index (χ2n) is 3.96. The Morgan fingerprint density at radius 1 is 1.30 bits per heavy atom. The van der Waals surface area contributed by atoms with Crippen molar-refractivity contribution in [1.29, 1.82) is 0 Å². The number of para-hydroxylation sites is 1. The number of nitrogens with one attached hydrogen (secondary N) is 2. The van der Waals surface area contributed by atoms with Crippen molar-refractivity contribution in [3.63, 3.8) is 0 Å². The van der Waals surface area contributed by atoms with Crippen LogP contribution in [0, 0.1) is 6.92 Å². The fourth-order valence-electron chi connectivity index (χ4n) is 1.68. The zero-order valence-corrected chi connectivity index (χ0v) is 10.5. The van der Waals surface area contributed by atoms with Gasteiger partial charge in [0.25, 0.3) is 5.91 Å². The molecule has 0 fully saturated rings. The van der Waals surface area contributed by atoms with E-state index < -0.39 is 5.91 Å². The smallest absolute Gasteiger partial charge is 0.293 e. The number of amides is 1. The summed E-state index contributed by atoms with van der Waals surface area (Å²) in [5.74, 6) is 0.528. The molecule has 0 atom stereocenters. The number of benzene rings is 1. The van der Waals surface area contributed by atoms with Gasteiger partial charge < -0.3 is 9.73 Å². The predicted molar refractivity (Wildman–Crippen MR) is 68.8 cm³/mol. The van der Waals surface area contributed by atoms with Crippen LogP contribution >= 0.6 is 0 Å². The number of anilines is 1. The third-order valence-corrected chi connectivity index (χ3v) is 2.56. The molecule has 0 aliphatic rings. The number of aryl methyl sites for hydroxylation is 1. The van der Waals surface area contributed by atoms with E-state index in [4.69, 9.17) is 4.42 Å². The van der Waals surface area contributed by atoms with Crippen molar-refractivity contribution in [2.75, 3.05) is 5.32 Å². The van der Waals surface area contributed by atoms with Crippen LogP contribution in [0.3, 0.4) is 0 Å². The molecule has 0 saturated carbocycles. The van der Waals surface area contributed by atoms with Crippen molar-refractivity contribution in [2.45, 2.75) is 6.92 Å². The maximum absolute atomic E-state index is 12.0. The molecule has 3 rings (SSSR count). The van der Waals surface area contributed by atoms with E-state index in [2.05, 4.69) is 30.7 Å². The van der Waals surface area contributed by atoms with Gasteiger partial charge in [-0.3, -0.25) is 9.89 Å². The van der Waals surface area contributed by atoms with E-state index >= 15 is 0 Å². The minimum Gasteiger partial charge on any atom is -0.421 e. The van der Waals surface area contributed by atoms with E-state index in [0.717, 1.165) is 0 Å². The largest absolute Gasteiger partial charge is 0.421 e. The lowest BCUT2D eigenvalue weighted by Gasteiger charge is -2.06. The molecular formula is C12H10N6O2. The van der Waals surface area contributed by atoms with Crippen LogP contribution < -0.4 is 5.32 Å². The van der Waals surface area contributed by atoms with E-state index in [9.17, 15) is 4.79 Å². The summed E-state index contributed by atoms with van der Waals surface area (Å²) in [7, 11) is 0. The number of carbonyl (C=O) groups is 1. The number of rotatable bonds is 3. The molecule has 0 radical (unpaired) electrons. The summed E-state index contributed by atoms with van der Waals surface area (Å²) in [4.78, 5) is 15.7. The minimum absolute atomic E-state index is 0.126. The van der Waals surface area contributed by atoms with Crippen LogP contribution in [0.2, 0.25) is 0 Å². The van der Waals surface area contributed by atoms with E-state index in [1.165, 1.54) is 6.33 Å². The molecule has 0 aliphatic heterocycles. The summed E-state index contributed by atoms with van der Waals surface area (Å²) in [6.45, 7) is 1.70. The van der Waals surface area contributed by atoms with Crippen molar-refractivity contribution in [2.24, 2.45) is 0 Å². The zero-order valence-electron chi connectivity index (χ0n) is 10.5. The fraction of sp³-hybridized carbons (Fsp3) is 0.0833. The average Bonchev–Trinajstić information content (AvgIpc) is 3.10. The lowest BCUT2D eigenvalue weighted by atomic mass is 10.1. The lowest BCUT2D eigenvalue weighted by Crippen LogP contribution is -2.14. The Morgan fingerprint density at radius 3 is 2.85 bits per heavy atom. The molecule has 8 nitrogen and oxygen atoms in total. The number of carbonyl (C=O) groups excluding carboxylic acids is 1. The molecule has 2 aromatic heterocycles. The second-order valence-corrected chi connectivity index (χ2v) is 3.96. The quantitative estimate of drug-likeness (QED) is 0.744. The Labute approximate surface area is 113 Å². The van der Waals surface area contributed by atoms with Gasteiger partial charge in [0.1, 0.15) is 6.33 Å². The second kappa shape index (κ2) is 4.92. The standard InChI is InChI=1S/C12H10N6O2/c1-7-16-18-12(20-7)8-4-2-3-5-9(8)15-11(19)10-13-6-14-17-10/h2-6H,1H3,(H,15,19)(H,13,14,17). The van der Waals surface area contributed by atoms with Crippen LogP contribution in [-0.4, -0.2) is 31.3 Å². The first-order valence-electron chi connectivity index (χ1n) is 5.80. The Morgan fingerprint density at radius 2 is 2.15 bits per heavy atom. The highest BCUT2D eigenvalue weighted by Crippen LogP contribution is 2.26.